The van der Waals surface area contributed by atoms with Crippen LogP contribution in [0.5, 0.6) is 0 Å². The number of anilines is 3. The van der Waals surface area contributed by atoms with Crippen molar-refractivity contribution in [3.05, 3.63) is 77.9 Å². The minimum Gasteiger partial charge on any atom is -0.397 e. The lowest BCUT2D eigenvalue weighted by Crippen LogP contribution is -2.40. The lowest BCUT2D eigenvalue weighted by Gasteiger charge is -2.28. The number of carbonyl (C=O) groups excluding carboxylic acids is 2. The highest BCUT2D eigenvalue weighted by molar-refractivity contribution is 7.27. The Morgan fingerprint density at radius 3 is 2.61 bits per heavy atom. The molecule has 38 heavy (non-hydrogen) atoms. The van der Waals surface area contributed by atoms with E-state index >= 15 is 0 Å². The van der Waals surface area contributed by atoms with Crippen molar-refractivity contribution < 1.29 is 18.7 Å². The lowest BCUT2D eigenvalue weighted by atomic mass is 10.2. The molecule has 9 nitrogen and oxygen atoms in total. The first kappa shape index (κ1) is 27.4. The maximum Gasteiger partial charge on any atom is 0.322 e. The number of pyridine rings is 1. The van der Waals surface area contributed by atoms with Crippen LogP contribution in [0.2, 0.25) is 0 Å². The van der Waals surface area contributed by atoms with Crippen molar-refractivity contribution in [3.8, 4) is 0 Å². The van der Waals surface area contributed by atoms with Gasteiger partial charge in [-0.25, -0.2) is 9.18 Å². The third kappa shape index (κ3) is 7.71. The molecule has 0 aliphatic carbocycles. The third-order valence-electron chi connectivity index (χ3n) is 6.18. The molecule has 4 rings (SSSR count). The van der Waals surface area contributed by atoms with E-state index in [1.807, 2.05) is 0 Å². The van der Waals surface area contributed by atoms with Gasteiger partial charge in [0.1, 0.15) is 11.5 Å². The van der Waals surface area contributed by atoms with Crippen molar-refractivity contribution in [2.75, 3.05) is 55.8 Å². The summed E-state index contributed by atoms with van der Waals surface area (Å²) in [5.74, 6) is -0.795. The number of morpholine rings is 1. The molecule has 0 bridgehead atoms. The van der Waals surface area contributed by atoms with E-state index in [2.05, 4.69) is 29.8 Å². The van der Waals surface area contributed by atoms with Gasteiger partial charge in [-0.05, 0) is 42.3 Å². The fourth-order valence-electron chi connectivity index (χ4n) is 4.04. The van der Waals surface area contributed by atoms with Crippen LogP contribution in [0.1, 0.15) is 22.5 Å². The Morgan fingerprint density at radius 2 is 1.89 bits per heavy atom. The van der Waals surface area contributed by atoms with Gasteiger partial charge in [-0.3, -0.25) is 14.7 Å². The number of hydrogen-bond acceptors (Lipinski definition) is 6. The van der Waals surface area contributed by atoms with Crippen molar-refractivity contribution >= 4 is 43.5 Å². The molecule has 1 atom stereocenters. The van der Waals surface area contributed by atoms with Crippen LogP contribution in [0.25, 0.3) is 0 Å². The van der Waals surface area contributed by atoms with Crippen molar-refractivity contribution in [1.29, 1.82) is 0 Å². The van der Waals surface area contributed by atoms with Gasteiger partial charge in [0, 0.05) is 49.9 Å². The number of nitrogens with one attached hydrogen (secondary N) is 2. The Bertz CT molecular complexity index is 1250. The molecule has 4 N–H and O–H groups in total. The number of halogens is 1. The molecule has 1 aliphatic rings. The molecule has 0 spiro atoms. The SMILES string of the molecule is Nc1ccccc1NC(=O)c1ccc(CN(CCCN2CCOCC2)C(=O)Nc2ccc(P)c(F)c2)cn1. The lowest BCUT2D eigenvalue weighted by molar-refractivity contribution is 0.0365. The number of carbonyl (C=O) groups is 2. The molecule has 1 aromatic heterocycles. The average Bonchev–Trinajstić information content (AvgIpc) is 2.92. The summed E-state index contributed by atoms with van der Waals surface area (Å²) in [4.78, 5) is 34.0. The van der Waals surface area contributed by atoms with E-state index < -0.39 is 5.82 Å². The molecule has 200 valence electrons. The number of rotatable bonds is 9. The zero-order valence-corrected chi connectivity index (χ0v) is 22.2. The molecule has 11 heteroatoms. The smallest absolute Gasteiger partial charge is 0.322 e. The van der Waals surface area contributed by atoms with Crippen LogP contribution >= 0.6 is 9.24 Å². The third-order valence-corrected chi connectivity index (χ3v) is 6.65. The highest BCUT2D eigenvalue weighted by Crippen LogP contribution is 2.18. The zero-order valence-electron chi connectivity index (χ0n) is 21.0. The van der Waals surface area contributed by atoms with Gasteiger partial charge in [-0.2, -0.15) is 0 Å². The summed E-state index contributed by atoms with van der Waals surface area (Å²) < 4.78 is 19.4. The Morgan fingerprint density at radius 1 is 1.11 bits per heavy atom. The number of ether oxygens (including phenoxy) is 1. The van der Waals surface area contributed by atoms with Gasteiger partial charge in [-0.1, -0.05) is 24.3 Å². The van der Waals surface area contributed by atoms with E-state index in [-0.39, 0.29) is 24.2 Å². The molecule has 1 fully saturated rings. The van der Waals surface area contributed by atoms with Crippen LogP contribution in [0.3, 0.4) is 0 Å². The maximum absolute atomic E-state index is 14.0. The van der Waals surface area contributed by atoms with Crippen LogP contribution in [-0.2, 0) is 11.3 Å². The Balaban J connectivity index is 1.41. The van der Waals surface area contributed by atoms with Gasteiger partial charge in [0.25, 0.3) is 5.91 Å². The summed E-state index contributed by atoms with van der Waals surface area (Å²) >= 11 is 0. The summed E-state index contributed by atoms with van der Waals surface area (Å²) in [6.45, 7) is 4.77. The first-order valence-electron chi connectivity index (χ1n) is 12.4. The summed E-state index contributed by atoms with van der Waals surface area (Å²) in [5.41, 5.74) is 8.24. The van der Waals surface area contributed by atoms with Gasteiger partial charge < -0.3 is 26.0 Å². The highest BCUT2D eigenvalue weighted by atomic mass is 31.0. The quantitative estimate of drug-likeness (QED) is 0.285. The van der Waals surface area contributed by atoms with Crippen LogP contribution in [0.4, 0.5) is 26.2 Å². The molecular weight excluding hydrogens is 506 g/mol. The molecule has 0 saturated carbocycles. The minimum atomic E-state index is -0.415. The topological polar surface area (TPSA) is 113 Å². The van der Waals surface area contributed by atoms with Crippen molar-refractivity contribution in [3.63, 3.8) is 0 Å². The summed E-state index contributed by atoms with van der Waals surface area (Å²) in [7, 11) is 2.32. The monoisotopic (exact) mass is 538 g/mol. The fourth-order valence-corrected chi connectivity index (χ4v) is 4.22. The van der Waals surface area contributed by atoms with Crippen molar-refractivity contribution in [2.24, 2.45) is 0 Å². The van der Waals surface area contributed by atoms with E-state index in [9.17, 15) is 14.0 Å². The van der Waals surface area contributed by atoms with E-state index in [1.165, 1.54) is 6.07 Å². The van der Waals surface area contributed by atoms with E-state index in [0.717, 1.165) is 31.6 Å². The van der Waals surface area contributed by atoms with E-state index in [1.54, 1.807) is 59.6 Å². The van der Waals surface area contributed by atoms with Gasteiger partial charge >= 0.3 is 6.03 Å². The molecule has 1 unspecified atom stereocenters. The highest BCUT2D eigenvalue weighted by Gasteiger charge is 2.17. The second kappa shape index (κ2) is 13.3. The number of nitrogens with two attached hydrogens (primary N) is 1. The molecule has 0 radical (unpaired) electrons. The van der Waals surface area contributed by atoms with Gasteiger partial charge in [-0.15, -0.1) is 9.24 Å². The molecule has 3 amide bonds. The predicted molar refractivity (Wildman–Crippen MR) is 150 cm³/mol. The molecule has 1 saturated heterocycles. The van der Waals surface area contributed by atoms with Gasteiger partial charge in [0.2, 0.25) is 0 Å². The largest absolute Gasteiger partial charge is 0.397 e. The van der Waals surface area contributed by atoms with Crippen LogP contribution in [0, 0.1) is 5.82 Å². The second-order valence-corrected chi connectivity index (χ2v) is 9.61. The van der Waals surface area contributed by atoms with Crippen LogP contribution < -0.4 is 21.7 Å². The van der Waals surface area contributed by atoms with Crippen LogP contribution in [0.15, 0.2) is 60.8 Å². The number of benzene rings is 2. The maximum atomic E-state index is 14.0. The first-order valence-corrected chi connectivity index (χ1v) is 13.0. The predicted octanol–water partition coefficient (Wildman–Crippen LogP) is 3.31. The average molecular weight is 539 g/mol. The molecular formula is C27H32FN6O3P. The first-order chi connectivity index (χ1) is 18.4. The standard InChI is InChI=1S/C27H32FN6O3P/c28-21-16-20(7-9-25(21)38)31-27(36)34(11-3-10-33-12-14-37-15-13-33)18-19-6-8-24(30-17-19)26(35)32-23-5-2-1-4-22(23)29/h1-2,4-9,16-17H,3,10-15,18,29,38H2,(H,31,36)(H,32,35). The Hall–Kier alpha value is -3.59. The Kier molecular flexibility index (Phi) is 9.59. The number of hydrogen-bond donors (Lipinski definition) is 3. The van der Waals surface area contributed by atoms with E-state index in [0.29, 0.717) is 42.1 Å². The van der Waals surface area contributed by atoms with E-state index in [4.69, 9.17) is 10.5 Å². The number of para-hydroxylation sites is 2. The van der Waals surface area contributed by atoms with Crippen LogP contribution in [-0.4, -0.2) is 66.1 Å². The molecule has 2 aromatic carbocycles. The number of urea groups is 1. The van der Waals surface area contributed by atoms with Gasteiger partial charge in [0.05, 0.1) is 24.6 Å². The van der Waals surface area contributed by atoms with Gasteiger partial charge in [0.15, 0.2) is 0 Å². The number of aromatic nitrogens is 1. The summed E-state index contributed by atoms with van der Waals surface area (Å²) in [6.07, 6.45) is 2.34. The summed E-state index contributed by atoms with van der Waals surface area (Å²) in [5, 5.41) is 5.97. The van der Waals surface area contributed by atoms with Crippen molar-refractivity contribution in [1.82, 2.24) is 14.8 Å². The number of nitrogens with zero attached hydrogens (tertiary/aromatic N) is 3. The second-order valence-electron chi connectivity index (χ2n) is 8.99. The summed E-state index contributed by atoms with van der Waals surface area (Å²) in [6, 6.07) is 14.6. The fraction of sp³-hybridized carbons (Fsp3) is 0.296. The Labute approximate surface area is 223 Å². The zero-order chi connectivity index (χ0) is 26.9. The normalized spacial score (nSPS) is 13.6. The number of nitrogen functional groups attached to an aromatic ring is 1. The minimum absolute atomic E-state index is 0.230. The molecule has 1 aliphatic heterocycles. The molecule has 3 aromatic rings. The van der Waals surface area contributed by atoms with Crippen molar-refractivity contribution in [2.45, 2.75) is 13.0 Å². The number of amides is 3. The molecule has 2 heterocycles.